The minimum absolute atomic E-state index is 0.150. The van der Waals surface area contributed by atoms with Gasteiger partial charge in [-0.1, -0.05) is 12.1 Å². The fraction of sp³-hybridized carbons (Fsp3) is 0.467. The van der Waals surface area contributed by atoms with Gasteiger partial charge in [-0.15, -0.1) is 0 Å². The number of benzene rings is 1. The van der Waals surface area contributed by atoms with Crippen molar-refractivity contribution in [2.75, 3.05) is 0 Å². The molecule has 1 aromatic rings. The highest BCUT2D eigenvalue weighted by Gasteiger charge is 2.43. The molecule has 0 aliphatic rings. The van der Waals surface area contributed by atoms with Gasteiger partial charge in [0.1, 0.15) is 6.29 Å². The van der Waals surface area contributed by atoms with Gasteiger partial charge in [0.2, 0.25) is 0 Å². The molecule has 116 valence electrons. The molecule has 0 radical (unpaired) electrons. The van der Waals surface area contributed by atoms with Crippen molar-refractivity contribution in [1.29, 1.82) is 0 Å². The van der Waals surface area contributed by atoms with Crippen LogP contribution in [0.4, 0.5) is 8.78 Å². The molecule has 0 heterocycles. The molecule has 0 saturated carbocycles. The summed E-state index contributed by atoms with van der Waals surface area (Å²) in [6.07, 6.45) is -0.505. The number of carboxylic acids is 1. The lowest BCUT2D eigenvalue weighted by molar-refractivity contribution is -0.186. The van der Waals surface area contributed by atoms with Crippen LogP contribution in [0.15, 0.2) is 18.2 Å². The van der Waals surface area contributed by atoms with E-state index < -0.39 is 41.6 Å². The summed E-state index contributed by atoms with van der Waals surface area (Å²) < 4.78 is 32.5. The zero-order chi connectivity index (χ0) is 16.3. The third-order valence-electron chi connectivity index (χ3n) is 2.81. The van der Waals surface area contributed by atoms with E-state index in [1.54, 1.807) is 20.8 Å². The number of rotatable bonds is 6. The first-order valence-electron chi connectivity index (χ1n) is 6.41. The van der Waals surface area contributed by atoms with Gasteiger partial charge in [0, 0.05) is 12.8 Å². The lowest BCUT2D eigenvalue weighted by atomic mass is 9.90. The lowest BCUT2D eigenvalue weighted by Gasteiger charge is -2.35. The van der Waals surface area contributed by atoms with Gasteiger partial charge in [0.25, 0.3) is 0 Å². The van der Waals surface area contributed by atoms with Crippen LogP contribution in [0.25, 0.3) is 0 Å². The molecule has 0 bridgehead atoms. The first kappa shape index (κ1) is 17.2. The fourth-order valence-electron chi connectivity index (χ4n) is 2.07. The van der Waals surface area contributed by atoms with E-state index in [0.29, 0.717) is 6.29 Å². The smallest absolute Gasteiger partial charge is 0.336 e. The largest absolute Gasteiger partial charge is 0.479 e. The number of ether oxygens (including phenoxy) is 1. The predicted molar refractivity (Wildman–Crippen MR) is 71.9 cm³/mol. The topological polar surface area (TPSA) is 63.6 Å². The lowest BCUT2D eigenvalue weighted by Crippen LogP contribution is -2.49. The van der Waals surface area contributed by atoms with E-state index in [1.165, 1.54) is 12.1 Å². The Balaban J connectivity index is 3.26. The Morgan fingerprint density at radius 1 is 1.33 bits per heavy atom. The van der Waals surface area contributed by atoms with Crippen LogP contribution >= 0.6 is 0 Å². The Morgan fingerprint density at radius 2 is 1.95 bits per heavy atom. The molecule has 0 aliphatic carbocycles. The van der Waals surface area contributed by atoms with E-state index in [-0.39, 0.29) is 5.56 Å². The van der Waals surface area contributed by atoms with Crippen molar-refractivity contribution >= 4 is 12.3 Å². The summed E-state index contributed by atoms with van der Waals surface area (Å²) in [7, 11) is 0. The van der Waals surface area contributed by atoms with E-state index >= 15 is 0 Å². The molecule has 6 heteroatoms. The van der Waals surface area contributed by atoms with Gasteiger partial charge in [-0.3, -0.25) is 0 Å². The Labute approximate surface area is 121 Å². The summed E-state index contributed by atoms with van der Waals surface area (Å²) in [6, 6.07) is 3.48. The molecule has 1 unspecified atom stereocenters. The van der Waals surface area contributed by atoms with Gasteiger partial charge < -0.3 is 14.6 Å². The van der Waals surface area contributed by atoms with E-state index in [9.17, 15) is 23.5 Å². The van der Waals surface area contributed by atoms with Crippen molar-refractivity contribution in [2.24, 2.45) is 0 Å². The summed E-state index contributed by atoms with van der Waals surface area (Å²) in [5.41, 5.74) is -2.96. The molecule has 0 aromatic heterocycles. The number of aliphatic carboxylic acids is 1. The van der Waals surface area contributed by atoms with Crippen LogP contribution in [0, 0.1) is 11.6 Å². The maximum atomic E-state index is 13.8. The number of carbonyl (C=O) groups excluding carboxylic acids is 1. The van der Waals surface area contributed by atoms with Crippen LogP contribution in [-0.2, 0) is 20.7 Å². The second-order valence-electron chi connectivity index (χ2n) is 5.77. The van der Waals surface area contributed by atoms with Crippen LogP contribution in [0.5, 0.6) is 0 Å². The van der Waals surface area contributed by atoms with Crippen molar-refractivity contribution in [3.8, 4) is 0 Å². The monoisotopic (exact) mass is 300 g/mol. The van der Waals surface area contributed by atoms with E-state index in [0.717, 1.165) is 6.07 Å². The Hall–Kier alpha value is -1.82. The molecule has 0 amide bonds. The highest BCUT2D eigenvalue weighted by molar-refractivity contribution is 5.81. The third-order valence-corrected chi connectivity index (χ3v) is 2.81. The van der Waals surface area contributed by atoms with Gasteiger partial charge in [0.05, 0.1) is 5.60 Å². The van der Waals surface area contributed by atoms with E-state index in [2.05, 4.69) is 0 Å². The maximum absolute atomic E-state index is 13.8. The van der Waals surface area contributed by atoms with Gasteiger partial charge in [0.15, 0.2) is 17.2 Å². The normalized spacial score (nSPS) is 14.5. The molecule has 21 heavy (non-hydrogen) atoms. The quantitative estimate of drug-likeness (QED) is 0.821. The standard InChI is InChI=1S/C15H18F2O4/c1-14(2,3)21-15(7-8-18,13(19)20)9-10-5-4-6-11(16)12(10)17/h4-6,8H,7,9H2,1-3H3,(H,19,20). The van der Waals surface area contributed by atoms with Gasteiger partial charge >= 0.3 is 5.97 Å². The highest BCUT2D eigenvalue weighted by Crippen LogP contribution is 2.29. The van der Waals surface area contributed by atoms with E-state index in [1.807, 2.05) is 0 Å². The van der Waals surface area contributed by atoms with Crippen LogP contribution < -0.4 is 0 Å². The minimum atomic E-state index is -1.94. The van der Waals surface area contributed by atoms with Crippen LogP contribution in [0.2, 0.25) is 0 Å². The molecule has 0 fully saturated rings. The molecule has 0 spiro atoms. The molecule has 1 rings (SSSR count). The summed E-state index contributed by atoms with van der Waals surface area (Å²) in [6.45, 7) is 4.87. The van der Waals surface area contributed by atoms with Crippen LogP contribution in [0.3, 0.4) is 0 Å². The molecule has 0 aliphatic heterocycles. The van der Waals surface area contributed by atoms with Crippen molar-refractivity contribution < 1.29 is 28.2 Å². The first-order chi connectivity index (χ1) is 9.61. The van der Waals surface area contributed by atoms with Crippen LogP contribution in [0.1, 0.15) is 32.8 Å². The van der Waals surface area contributed by atoms with Gasteiger partial charge in [-0.2, -0.15) is 0 Å². The first-order valence-corrected chi connectivity index (χ1v) is 6.41. The molecule has 4 nitrogen and oxygen atoms in total. The Bertz CT molecular complexity index is 537. The summed E-state index contributed by atoms with van der Waals surface area (Å²) >= 11 is 0. The van der Waals surface area contributed by atoms with Crippen molar-refractivity contribution in [3.05, 3.63) is 35.4 Å². The molecular weight excluding hydrogens is 282 g/mol. The minimum Gasteiger partial charge on any atom is -0.479 e. The zero-order valence-electron chi connectivity index (χ0n) is 12.2. The second-order valence-corrected chi connectivity index (χ2v) is 5.77. The molecule has 1 N–H and O–H groups in total. The molecule has 0 saturated heterocycles. The third kappa shape index (κ3) is 4.32. The zero-order valence-corrected chi connectivity index (χ0v) is 12.2. The van der Waals surface area contributed by atoms with Crippen LogP contribution in [-0.4, -0.2) is 28.6 Å². The van der Waals surface area contributed by atoms with Crippen molar-refractivity contribution in [3.63, 3.8) is 0 Å². The average molecular weight is 300 g/mol. The van der Waals surface area contributed by atoms with Crippen molar-refractivity contribution in [2.45, 2.75) is 44.8 Å². The van der Waals surface area contributed by atoms with Gasteiger partial charge in [-0.05, 0) is 32.4 Å². The number of hydrogen-bond acceptors (Lipinski definition) is 3. The molecular formula is C15H18F2O4. The average Bonchev–Trinajstić information content (AvgIpc) is 2.33. The van der Waals surface area contributed by atoms with Gasteiger partial charge in [-0.25, -0.2) is 13.6 Å². The number of hydrogen-bond donors (Lipinski definition) is 1. The number of aldehydes is 1. The second kappa shape index (κ2) is 6.30. The summed E-state index contributed by atoms with van der Waals surface area (Å²) in [5.74, 6) is -3.60. The maximum Gasteiger partial charge on any atom is 0.336 e. The number of carbonyl (C=O) groups is 2. The highest BCUT2D eigenvalue weighted by atomic mass is 19.2. The molecule has 1 atom stereocenters. The van der Waals surface area contributed by atoms with E-state index in [4.69, 9.17) is 4.74 Å². The SMILES string of the molecule is CC(C)(C)OC(CC=O)(Cc1cccc(F)c1F)C(=O)O. The van der Waals surface area contributed by atoms with Crippen molar-refractivity contribution in [1.82, 2.24) is 0 Å². The summed E-state index contributed by atoms with van der Waals surface area (Å²) in [5, 5.41) is 9.44. The number of carboxylic acid groups (broad SMARTS) is 1. The molecule has 1 aromatic carbocycles. The number of halogens is 2. The Kier molecular flexibility index (Phi) is 5.17. The predicted octanol–water partition coefficient (Wildman–Crippen LogP) is 2.73. The summed E-state index contributed by atoms with van der Waals surface area (Å²) in [4.78, 5) is 22.4. The fourth-order valence-corrected chi connectivity index (χ4v) is 2.07. The Morgan fingerprint density at radius 3 is 2.43 bits per heavy atom.